The van der Waals surface area contributed by atoms with Gasteiger partial charge in [-0.15, -0.1) is 0 Å². The molecule has 0 spiro atoms. The summed E-state index contributed by atoms with van der Waals surface area (Å²) in [5.74, 6) is 0.0775. The van der Waals surface area contributed by atoms with E-state index < -0.39 is 5.54 Å². The van der Waals surface area contributed by atoms with E-state index in [-0.39, 0.29) is 18.1 Å². The van der Waals surface area contributed by atoms with E-state index in [0.29, 0.717) is 12.0 Å². The van der Waals surface area contributed by atoms with Crippen LogP contribution < -0.4 is 5.73 Å². The quantitative estimate of drug-likeness (QED) is 0.536. The predicted molar refractivity (Wildman–Crippen MR) is 53.0 cm³/mol. The molecule has 0 aliphatic heterocycles. The lowest BCUT2D eigenvalue weighted by Crippen LogP contribution is -2.34. The minimum Gasteiger partial charge on any atom is -0.508 e. The molecule has 4 heteroatoms. The van der Waals surface area contributed by atoms with Crippen LogP contribution in [0.3, 0.4) is 0 Å². The summed E-state index contributed by atoms with van der Waals surface area (Å²) in [5.41, 5.74) is 5.49. The van der Waals surface area contributed by atoms with Crippen LogP contribution in [0.4, 0.5) is 0 Å². The number of aliphatic hydroxyl groups is 1. The molecule has 0 saturated heterocycles. The number of hydrogen-bond acceptors (Lipinski definition) is 4. The summed E-state index contributed by atoms with van der Waals surface area (Å²) in [6.45, 7) is 1.62. The van der Waals surface area contributed by atoms with Crippen molar-refractivity contribution in [3.63, 3.8) is 0 Å². The Balaban J connectivity index is 3.10. The molecule has 0 heterocycles. The number of nitrogens with two attached hydrogens (primary N) is 1. The van der Waals surface area contributed by atoms with E-state index >= 15 is 0 Å². The van der Waals surface area contributed by atoms with E-state index in [0.717, 1.165) is 0 Å². The monoisotopic (exact) mass is 197 g/mol. The van der Waals surface area contributed by atoms with Gasteiger partial charge in [-0.2, -0.15) is 0 Å². The van der Waals surface area contributed by atoms with Crippen molar-refractivity contribution in [3.8, 4) is 11.5 Å². The van der Waals surface area contributed by atoms with Gasteiger partial charge in [0.15, 0.2) is 0 Å². The number of aliphatic hydroxyl groups excluding tert-OH is 1. The summed E-state index contributed by atoms with van der Waals surface area (Å²) in [7, 11) is 0. The van der Waals surface area contributed by atoms with Crippen molar-refractivity contribution in [2.75, 3.05) is 6.61 Å². The summed E-state index contributed by atoms with van der Waals surface area (Å²) < 4.78 is 0. The molecule has 1 aromatic carbocycles. The fourth-order valence-electron chi connectivity index (χ4n) is 1.35. The zero-order valence-corrected chi connectivity index (χ0v) is 8.07. The fraction of sp³-hybridized carbons (Fsp3) is 0.400. The van der Waals surface area contributed by atoms with E-state index in [1.807, 2.05) is 0 Å². The zero-order chi connectivity index (χ0) is 10.8. The molecule has 1 rings (SSSR count). The standard InChI is InChI=1S/C10H15NO3/c1-10(11,4-5-12)8-6-7(13)2-3-9(8)14/h2-3,6,12-14H,4-5,11H2,1H3/t10-/m0/s1. The fourth-order valence-corrected chi connectivity index (χ4v) is 1.35. The number of benzene rings is 1. The second-order valence-corrected chi connectivity index (χ2v) is 3.59. The maximum atomic E-state index is 9.52. The molecule has 0 aromatic heterocycles. The van der Waals surface area contributed by atoms with Crippen molar-refractivity contribution in [1.82, 2.24) is 0 Å². The Morgan fingerprint density at radius 1 is 1.36 bits per heavy atom. The first-order valence-electron chi connectivity index (χ1n) is 4.39. The van der Waals surface area contributed by atoms with Crippen molar-refractivity contribution in [2.45, 2.75) is 18.9 Å². The summed E-state index contributed by atoms with van der Waals surface area (Å²) in [4.78, 5) is 0. The molecule has 0 fully saturated rings. The van der Waals surface area contributed by atoms with Gasteiger partial charge < -0.3 is 21.1 Å². The molecule has 14 heavy (non-hydrogen) atoms. The van der Waals surface area contributed by atoms with Crippen molar-refractivity contribution in [3.05, 3.63) is 23.8 Å². The van der Waals surface area contributed by atoms with Gasteiger partial charge in [0.25, 0.3) is 0 Å². The van der Waals surface area contributed by atoms with Crippen LogP contribution in [-0.2, 0) is 5.54 Å². The van der Waals surface area contributed by atoms with Gasteiger partial charge >= 0.3 is 0 Å². The first kappa shape index (κ1) is 10.8. The molecule has 0 bridgehead atoms. The van der Waals surface area contributed by atoms with E-state index in [1.165, 1.54) is 18.2 Å². The highest BCUT2D eigenvalue weighted by atomic mass is 16.3. The third-order valence-electron chi connectivity index (χ3n) is 2.23. The smallest absolute Gasteiger partial charge is 0.120 e. The Bertz CT molecular complexity index is 323. The number of hydrogen-bond donors (Lipinski definition) is 4. The Kier molecular flexibility index (Phi) is 2.98. The Morgan fingerprint density at radius 2 is 2.00 bits per heavy atom. The van der Waals surface area contributed by atoms with E-state index in [4.69, 9.17) is 10.8 Å². The second-order valence-electron chi connectivity index (χ2n) is 3.59. The van der Waals surface area contributed by atoms with E-state index in [2.05, 4.69) is 0 Å². The van der Waals surface area contributed by atoms with Gasteiger partial charge in [-0.3, -0.25) is 0 Å². The van der Waals surface area contributed by atoms with Gasteiger partial charge in [0.05, 0.1) is 0 Å². The number of phenols is 2. The maximum Gasteiger partial charge on any atom is 0.120 e. The topological polar surface area (TPSA) is 86.7 Å². The molecular formula is C10H15NO3. The van der Waals surface area contributed by atoms with Crippen LogP contribution in [0.15, 0.2) is 18.2 Å². The average molecular weight is 197 g/mol. The first-order valence-corrected chi connectivity index (χ1v) is 4.39. The summed E-state index contributed by atoms with van der Waals surface area (Å²) in [6.07, 6.45) is 0.323. The lowest BCUT2D eigenvalue weighted by molar-refractivity contribution is 0.244. The van der Waals surface area contributed by atoms with Gasteiger partial charge in [0.2, 0.25) is 0 Å². The Hall–Kier alpha value is -1.26. The minimum atomic E-state index is -0.836. The van der Waals surface area contributed by atoms with Crippen LogP contribution in [-0.4, -0.2) is 21.9 Å². The highest BCUT2D eigenvalue weighted by Crippen LogP contribution is 2.32. The normalized spacial score (nSPS) is 15.1. The summed E-state index contributed by atoms with van der Waals surface area (Å²) in [5, 5.41) is 27.6. The average Bonchev–Trinajstić information content (AvgIpc) is 2.09. The molecule has 0 amide bonds. The third-order valence-corrected chi connectivity index (χ3v) is 2.23. The highest BCUT2D eigenvalue weighted by molar-refractivity contribution is 5.42. The zero-order valence-electron chi connectivity index (χ0n) is 8.07. The number of phenolic OH excluding ortho intramolecular Hbond substituents is 2. The third kappa shape index (κ3) is 2.16. The molecule has 0 saturated carbocycles. The van der Waals surface area contributed by atoms with Crippen molar-refractivity contribution >= 4 is 0 Å². The van der Waals surface area contributed by atoms with Crippen LogP contribution >= 0.6 is 0 Å². The van der Waals surface area contributed by atoms with Gasteiger partial charge in [0, 0.05) is 17.7 Å². The first-order chi connectivity index (χ1) is 6.47. The molecule has 0 unspecified atom stereocenters. The molecule has 4 nitrogen and oxygen atoms in total. The van der Waals surface area contributed by atoms with Crippen molar-refractivity contribution < 1.29 is 15.3 Å². The molecule has 1 aromatic rings. The molecule has 78 valence electrons. The molecule has 0 aliphatic rings. The van der Waals surface area contributed by atoms with Gasteiger partial charge in [0.1, 0.15) is 11.5 Å². The lowest BCUT2D eigenvalue weighted by atomic mass is 9.89. The molecule has 0 aliphatic carbocycles. The van der Waals surface area contributed by atoms with Gasteiger partial charge in [-0.25, -0.2) is 0 Å². The van der Waals surface area contributed by atoms with Crippen LogP contribution in [0.25, 0.3) is 0 Å². The minimum absolute atomic E-state index is 0.0289. The second kappa shape index (κ2) is 3.86. The Labute approximate surface area is 82.6 Å². The molecule has 5 N–H and O–H groups in total. The van der Waals surface area contributed by atoms with Crippen molar-refractivity contribution in [2.24, 2.45) is 5.73 Å². The maximum absolute atomic E-state index is 9.52. The van der Waals surface area contributed by atoms with Crippen LogP contribution in [0.1, 0.15) is 18.9 Å². The molecular weight excluding hydrogens is 182 g/mol. The SMILES string of the molecule is C[C@](N)(CCO)c1cc(O)ccc1O. The van der Waals surface area contributed by atoms with Crippen molar-refractivity contribution in [1.29, 1.82) is 0 Å². The molecule has 1 atom stereocenters. The number of aromatic hydroxyl groups is 2. The van der Waals surface area contributed by atoms with E-state index in [9.17, 15) is 10.2 Å². The Morgan fingerprint density at radius 3 is 2.57 bits per heavy atom. The van der Waals surface area contributed by atoms with Crippen LogP contribution in [0.5, 0.6) is 11.5 Å². The van der Waals surface area contributed by atoms with Crippen LogP contribution in [0, 0.1) is 0 Å². The summed E-state index contributed by atoms with van der Waals surface area (Å²) >= 11 is 0. The van der Waals surface area contributed by atoms with Gasteiger partial charge in [-0.05, 0) is 31.5 Å². The molecule has 0 radical (unpaired) electrons. The summed E-state index contributed by atoms with van der Waals surface area (Å²) in [6, 6.07) is 4.17. The largest absolute Gasteiger partial charge is 0.508 e. The van der Waals surface area contributed by atoms with Gasteiger partial charge in [-0.1, -0.05) is 0 Å². The lowest BCUT2D eigenvalue weighted by Gasteiger charge is -2.25. The number of rotatable bonds is 3. The predicted octanol–water partition coefficient (Wildman–Crippen LogP) is 0.654. The van der Waals surface area contributed by atoms with E-state index in [1.54, 1.807) is 6.92 Å². The van der Waals surface area contributed by atoms with Crippen LogP contribution in [0.2, 0.25) is 0 Å². The highest BCUT2D eigenvalue weighted by Gasteiger charge is 2.24.